The van der Waals surface area contributed by atoms with Crippen LogP contribution in [0.3, 0.4) is 0 Å². The zero-order valence-electron chi connectivity index (χ0n) is 13.8. The van der Waals surface area contributed by atoms with Crippen molar-refractivity contribution in [3.05, 3.63) is 48.7 Å². The summed E-state index contributed by atoms with van der Waals surface area (Å²) in [6, 6.07) is 7.84. The second-order valence-corrected chi connectivity index (χ2v) is 6.43. The predicted octanol–water partition coefficient (Wildman–Crippen LogP) is 3.15. The lowest BCUT2D eigenvalue weighted by Gasteiger charge is -2.29. The maximum absolute atomic E-state index is 6.03. The second-order valence-electron chi connectivity index (χ2n) is 6.43. The van der Waals surface area contributed by atoms with E-state index in [1.165, 1.54) is 19.2 Å². The highest BCUT2D eigenvalue weighted by molar-refractivity contribution is 5.50. The minimum absolute atomic E-state index is 0.696. The number of hydrogen-bond acceptors (Lipinski definition) is 5. The predicted molar refractivity (Wildman–Crippen MR) is 90.5 cm³/mol. The fourth-order valence-corrected chi connectivity index (χ4v) is 3.10. The second kappa shape index (κ2) is 6.57. The summed E-state index contributed by atoms with van der Waals surface area (Å²) >= 11 is 0. The topological polar surface area (TPSA) is 60.0 Å². The first-order valence-corrected chi connectivity index (χ1v) is 8.41. The molecule has 0 unspecified atom stereocenters. The largest absolute Gasteiger partial charge is 0.456 e. The standard InChI is InChI=1S/C18H21N5O/c1-14-6-9-22(10-7-14)12-16-4-5-17(24-16)18-20-13-21-23(18)15-3-2-8-19-11-15/h2-5,8,11,13-14H,6-7,9-10,12H2,1H3. The van der Waals surface area contributed by atoms with E-state index in [0.717, 1.165) is 42.8 Å². The number of likely N-dealkylation sites (tertiary alicyclic amines) is 1. The van der Waals surface area contributed by atoms with Gasteiger partial charge in [0.2, 0.25) is 0 Å². The number of rotatable bonds is 4. The Morgan fingerprint density at radius 2 is 2.08 bits per heavy atom. The molecule has 0 bridgehead atoms. The van der Waals surface area contributed by atoms with Crippen molar-refractivity contribution in [1.82, 2.24) is 24.6 Å². The lowest BCUT2D eigenvalue weighted by Crippen LogP contribution is -2.32. The third-order valence-electron chi connectivity index (χ3n) is 4.58. The van der Waals surface area contributed by atoms with Crippen molar-refractivity contribution in [2.45, 2.75) is 26.3 Å². The molecule has 0 atom stereocenters. The zero-order chi connectivity index (χ0) is 16.4. The molecule has 0 spiro atoms. The molecule has 3 aromatic rings. The molecule has 4 rings (SSSR count). The van der Waals surface area contributed by atoms with Crippen LogP contribution in [-0.2, 0) is 6.54 Å². The maximum Gasteiger partial charge on any atom is 0.199 e. The van der Waals surface area contributed by atoms with Gasteiger partial charge in [-0.3, -0.25) is 9.88 Å². The highest BCUT2D eigenvalue weighted by Gasteiger charge is 2.18. The first-order valence-electron chi connectivity index (χ1n) is 8.41. The molecule has 1 aliphatic heterocycles. The fraction of sp³-hybridized carbons (Fsp3) is 0.389. The monoisotopic (exact) mass is 323 g/mol. The highest BCUT2D eigenvalue weighted by Crippen LogP contribution is 2.24. The molecule has 0 amide bonds. The quantitative estimate of drug-likeness (QED) is 0.738. The van der Waals surface area contributed by atoms with E-state index in [1.54, 1.807) is 17.1 Å². The Morgan fingerprint density at radius 1 is 1.21 bits per heavy atom. The Labute approximate surface area is 141 Å². The van der Waals surface area contributed by atoms with Gasteiger partial charge in [0.15, 0.2) is 11.6 Å². The average Bonchev–Trinajstić information content (AvgIpc) is 3.27. The van der Waals surface area contributed by atoms with Gasteiger partial charge in [0, 0.05) is 6.20 Å². The summed E-state index contributed by atoms with van der Waals surface area (Å²) < 4.78 is 7.78. The van der Waals surface area contributed by atoms with Crippen LogP contribution in [0.25, 0.3) is 17.3 Å². The first kappa shape index (κ1) is 15.1. The number of furan rings is 1. The van der Waals surface area contributed by atoms with Gasteiger partial charge in [-0.1, -0.05) is 6.92 Å². The van der Waals surface area contributed by atoms with Crippen LogP contribution in [0.15, 0.2) is 47.4 Å². The lowest BCUT2D eigenvalue weighted by atomic mass is 9.99. The molecule has 1 saturated heterocycles. The van der Waals surface area contributed by atoms with E-state index in [9.17, 15) is 0 Å². The van der Waals surface area contributed by atoms with Gasteiger partial charge in [-0.2, -0.15) is 5.10 Å². The molecule has 0 aromatic carbocycles. The van der Waals surface area contributed by atoms with E-state index in [2.05, 4.69) is 26.9 Å². The zero-order valence-corrected chi connectivity index (χ0v) is 13.8. The Hall–Kier alpha value is -2.47. The molecular weight excluding hydrogens is 302 g/mol. The number of pyridine rings is 1. The Bertz CT molecular complexity index is 787. The van der Waals surface area contributed by atoms with Gasteiger partial charge < -0.3 is 4.42 Å². The third-order valence-corrected chi connectivity index (χ3v) is 4.58. The molecule has 1 aliphatic rings. The molecule has 24 heavy (non-hydrogen) atoms. The minimum Gasteiger partial charge on any atom is -0.456 e. The number of hydrogen-bond donors (Lipinski definition) is 0. The van der Waals surface area contributed by atoms with Crippen LogP contribution < -0.4 is 0 Å². The average molecular weight is 323 g/mol. The van der Waals surface area contributed by atoms with Crippen molar-refractivity contribution in [2.24, 2.45) is 5.92 Å². The van der Waals surface area contributed by atoms with E-state index >= 15 is 0 Å². The first-order chi connectivity index (χ1) is 11.8. The summed E-state index contributed by atoms with van der Waals surface area (Å²) in [5.74, 6) is 3.24. The molecule has 6 heteroatoms. The van der Waals surface area contributed by atoms with Crippen LogP contribution in [0.4, 0.5) is 0 Å². The fourth-order valence-electron chi connectivity index (χ4n) is 3.10. The molecule has 124 valence electrons. The molecule has 0 N–H and O–H groups in total. The van der Waals surface area contributed by atoms with E-state index in [0.29, 0.717) is 5.82 Å². The van der Waals surface area contributed by atoms with Crippen molar-refractivity contribution >= 4 is 0 Å². The summed E-state index contributed by atoms with van der Waals surface area (Å²) in [5, 5.41) is 4.29. The highest BCUT2D eigenvalue weighted by atomic mass is 16.3. The van der Waals surface area contributed by atoms with Crippen LogP contribution in [-0.4, -0.2) is 37.7 Å². The summed E-state index contributed by atoms with van der Waals surface area (Å²) in [7, 11) is 0. The number of aromatic nitrogens is 4. The van der Waals surface area contributed by atoms with Crippen molar-refractivity contribution in [2.75, 3.05) is 13.1 Å². The molecule has 1 fully saturated rings. The van der Waals surface area contributed by atoms with Crippen molar-refractivity contribution in [3.8, 4) is 17.3 Å². The van der Waals surface area contributed by atoms with Crippen molar-refractivity contribution in [3.63, 3.8) is 0 Å². The summed E-state index contributed by atoms with van der Waals surface area (Å²) in [5.41, 5.74) is 0.868. The molecule has 6 nitrogen and oxygen atoms in total. The molecule has 0 saturated carbocycles. The van der Waals surface area contributed by atoms with E-state index < -0.39 is 0 Å². The third kappa shape index (κ3) is 3.10. The smallest absolute Gasteiger partial charge is 0.199 e. The maximum atomic E-state index is 6.03. The Kier molecular flexibility index (Phi) is 4.13. The van der Waals surface area contributed by atoms with E-state index in [-0.39, 0.29) is 0 Å². The minimum atomic E-state index is 0.696. The van der Waals surface area contributed by atoms with Gasteiger partial charge in [0.25, 0.3) is 0 Å². The van der Waals surface area contributed by atoms with Crippen LogP contribution >= 0.6 is 0 Å². The molecular formula is C18H21N5O. The molecule has 0 radical (unpaired) electrons. The number of piperidine rings is 1. The van der Waals surface area contributed by atoms with Gasteiger partial charge in [-0.15, -0.1) is 0 Å². The van der Waals surface area contributed by atoms with Gasteiger partial charge in [-0.05, 0) is 56.1 Å². The van der Waals surface area contributed by atoms with Gasteiger partial charge in [0.1, 0.15) is 12.1 Å². The van der Waals surface area contributed by atoms with E-state index in [4.69, 9.17) is 4.42 Å². The van der Waals surface area contributed by atoms with Crippen LogP contribution in [0, 0.1) is 5.92 Å². The van der Waals surface area contributed by atoms with Gasteiger partial charge >= 0.3 is 0 Å². The van der Waals surface area contributed by atoms with Gasteiger partial charge in [0.05, 0.1) is 18.4 Å². The van der Waals surface area contributed by atoms with Crippen LogP contribution in [0.5, 0.6) is 0 Å². The van der Waals surface area contributed by atoms with Gasteiger partial charge in [-0.25, -0.2) is 9.67 Å². The van der Waals surface area contributed by atoms with Crippen LogP contribution in [0.1, 0.15) is 25.5 Å². The Balaban J connectivity index is 1.53. The summed E-state index contributed by atoms with van der Waals surface area (Å²) in [6.45, 7) is 5.47. The lowest BCUT2D eigenvalue weighted by molar-refractivity contribution is 0.174. The van der Waals surface area contributed by atoms with E-state index in [1.807, 2.05) is 24.3 Å². The Morgan fingerprint density at radius 3 is 2.88 bits per heavy atom. The summed E-state index contributed by atoms with van der Waals surface area (Å²) in [6.07, 6.45) is 7.57. The number of nitrogens with zero attached hydrogens (tertiary/aromatic N) is 5. The molecule has 0 aliphatic carbocycles. The normalized spacial score (nSPS) is 16.5. The van der Waals surface area contributed by atoms with Crippen LogP contribution in [0.2, 0.25) is 0 Å². The molecule has 3 aromatic heterocycles. The van der Waals surface area contributed by atoms with Crippen molar-refractivity contribution in [1.29, 1.82) is 0 Å². The van der Waals surface area contributed by atoms with Crippen molar-refractivity contribution < 1.29 is 4.42 Å². The molecule has 4 heterocycles. The SMILES string of the molecule is CC1CCN(Cc2ccc(-c3ncnn3-c3cccnc3)o2)CC1. The summed E-state index contributed by atoms with van der Waals surface area (Å²) in [4.78, 5) is 10.9.